The van der Waals surface area contributed by atoms with Crippen molar-refractivity contribution in [1.29, 1.82) is 0 Å². The Kier molecular flexibility index (Phi) is 4.26. The Morgan fingerprint density at radius 3 is 2.52 bits per heavy atom. The molecule has 112 valence electrons. The summed E-state index contributed by atoms with van der Waals surface area (Å²) in [5.74, 6) is 0.415. The summed E-state index contributed by atoms with van der Waals surface area (Å²) in [6.07, 6.45) is 1.67. The average Bonchev–Trinajstić information content (AvgIpc) is 2.43. The van der Waals surface area contributed by atoms with Gasteiger partial charge in [-0.3, -0.25) is 4.79 Å². The number of hydrogen-bond acceptors (Lipinski definition) is 3. The first-order valence-electron chi connectivity index (χ1n) is 6.23. The molecule has 0 atom stereocenters. The summed E-state index contributed by atoms with van der Waals surface area (Å²) >= 11 is 0. The minimum absolute atomic E-state index is 0.0205. The molecule has 0 unspecified atom stereocenters. The predicted molar refractivity (Wildman–Crippen MR) is 75.0 cm³/mol. The van der Waals surface area contributed by atoms with E-state index in [0.717, 1.165) is 5.56 Å². The molecule has 0 radical (unpaired) electrons. The van der Waals surface area contributed by atoms with E-state index in [9.17, 15) is 13.6 Å². The number of alkyl halides is 2. The van der Waals surface area contributed by atoms with Gasteiger partial charge >= 0.3 is 6.61 Å². The van der Waals surface area contributed by atoms with Crippen LogP contribution in [0.15, 0.2) is 35.3 Å². The van der Waals surface area contributed by atoms with Gasteiger partial charge in [-0.25, -0.2) is 0 Å². The van der Waals surface area contributed by atoms with E-state index >= 15 is 0 Å². The summed E-state index contributed by atoms with van der Waals surface area (Å²) in [6, 6.07) is 6.18. The molecule has 4 nitrogen and oxygen atoms in total. The van der Waals surface area contributed by atoms with Crippen LogP contribution in [0.2, 0.25) is 0 Å². The van der Waals surface area contributed by atoms with E-state index < -0.39 is 6.61 Å². The van der Waals surface area contributed by atoms with Crippen molar-refractivity contribution in [2.45, 2.75) is 13.5 Å². The minimum atomic E-state index is -2.89. The van der Waals surface area contributed by atoms with Crippen LogP contribution in [0.3, 0.4) is 0 Å². The van der Waals surface area contributed by atoms with Crippen LogP contribution in [-0.4, -0.2) is 18.3 Å². The summed E-state index contributed by atoms with van der Waals surface area (Å²) in [7, 11) is 3.10. The number of benzene rings is 1. The molecule has 0 aliphatic heterocycles. The lowest BCUT2D eigenvalue weighted by atomic mass is 10.0. The number of pyridine rings is 1. The van der Waals surface area contributed by atoms with Gasteiger partial charge in [0.15, 0.2) is 0 Å². The Balaban J connectivity index is 2.51. The van der Waals surface area contributed by atoms with Gasteiger partial charge in [0.05, 0.1) is 7.11 Å². The monoisotopic (exact) mass is 295 g/mol. The van der Waals surface area contributed by atoms with E-state index in [0.29, 0.717) is 16.9 Å². The van der Waals surface area contributed by atoms with E-state index in [4.69, 9.17) is 4.74 Å². The molecule has 0 aliphatic carbocycles. The van der Waals surface area contributed by atoms with Crippen LogP contribution in [-0.2, 0) is 7.05 Å². The van der Waals surface area contributed by atoms with Crippen molar-refractivity contribution in [3.05, 3.63) is 46.4 Å². The number of nitrogens with zero attached hydrogens (tertiary/aromatic N) is 1. The molecule has 1 aromatic carbocycles. The highest BCUT2D eigenvalue weighted by molar-refractivity contribution is 5.71. The van der Waals surface area contributed by atoms with Crippen molar-refractivity contribution in [3.8, 4) is 22.6 Å². The van der Waals surface area contributed by atoms with Crippen LogP contribution in [0.5, 0.6) is 11.5 Å². The number of hydrogen-bond donors (Lipinski definition) is 0. The largest absolute Gasteiger partial charge is 0.496 e. The van der Waals surface area contributed by atoms with Gasteiger partial charge in [-0.15, -0.1) is 0 Å². The Morgan fingerprint density at radius 2 is 1.95 bits per heavy atom. The second-order valence-electron chi connectivity index (χ2n) is 4.57. The molecule has 1 heterocycles. The molecular weight excluding hydrogens is 280 g/mol. The zero-order chi connectivity index (χ0) is 15.6. The topological polar surface area (TPSA) is 40.5 Å². The molecule has 0 saturated heterocycles. The third-order valence-corrected chi connectivity index (χ3v) is 3.07. The third-order valence-electron chi connectivity index (χ3n) is 3.07. The summed E-state index contributed by atoms with van der Waals surface area (Å²) in [4.78, 5) is 11.7. The van der Waals surface area contributed by atoms with Gasteiger partial charge in [0.25, 0.3) is 5.56 Å². The second-order valence-corrected chi connectivity index (χ2v) is 4.57. The van der Waals surface area contributed by atoms with E-state index in [1.54, 1.807) is 32.3 Å². The van der Waals surface area contributed by atoms with Crippen molar-refractivity contribution in [2.75, 3.05) is 7.11 Å². The summed E-state index contributed by atoms with van der Waals surface area (Å²) < 4.78 is 35.5. The van der Waals surface area contributed by atoms with Gasteiger partial charge in [0.1, 0.15) is 11.5 Å². The number of ether oxygens (including phenoxy) is 2. The molecule has 0 N–H and O–H groups in total. The molecule has 2 aromatic rings. The van der Waals surface area contributed by atoms with Gasteiger partial charge in [-0.05, 0) is 25.1 Å². The molecule has 0 fully saturated rings. The minimum Gasteiger partial charge on any atom is -0.496 e. The molecule has 6 heteroatoms. The molecule has 2 rings (SSSR count). The van der Waals surface area contributed by atoms with Crippen molar-refractivity contribution >= 4 is 0 Å². The van der Waals surface area contributed by atoms with Crippen molar-refractivity contribution in [2.24, 2.45) is 7.05 Å². The van der Waals surface area contributed by atoms with Crippen LogP contribution in [0, 0.1) is 6.92 Å². The van der Waals surface area contributed by atoms with Gasteiger partial charge < -0.3 is 14.0 Å². The first-order valence-corrected chi connectivity index (χ1v) is 6.23. The van der Waals surface area contributed by atoms with Crippen molar-refractivity contribution in [3.63, 3.8) is 0 Å². The lowest BCUT2D eigenvalue weighted by molar-refractivity contribution is -0.0499. The van der Waals surface area contributed by atoms with E-state index in [2.05, 4.69) is 4.74 Å². The maximum atomic E-state index is 12.2. The first kappa shape index (κ1) is 15.0. The fourth-order valence-electron chi connectivity index (χ4n) is 2.11. The molecule has 21 heavy (non-hydrogen) atoms. The maximum Gasteiger partial charge on any atom is 0.387 e. The lowest BCUT2D eigenvalue weighted by Gasteiger charge is -2.13. The van der Waals surface area contributed by atoms with Crippen molar-refractivity contribution in [1.82, 2.24) is 4.57 Å². The number of methoxy groups -OCH3 is 1. The van der Waals surface area contributed by atoms with Gasteiger partial charge in [0, 0.05) is 36.0 Å². The molecule has 0 amide bonds. The Labute approximate surface area is 120 Å². The second kappa shape index (κ2) is 5.95. The van der Waals surface area contributed by atoms with Crippen LogP contribution >= 0.6 is 0 Å². The zero-order valence-electron chi connectivity index (χ0n) is 11.9. The molecule has 1 aromatic heterocycles. The first-order chi connectivity index (χ1) is 9.92. The average molecular weight is 295 g/mol. The van der Waals surface area contributed by atoms with Crippen LogP contribution in [0.4, 0.5) is 8.78 Å². The van der Waals surface area contributed by atoms with Gasteiger partial charge in [0.2, 0.25) is 0 Å². The highest BCUT2D eigenvalue weighted by Gasteiger charge is 2.12. The fourth-order valence-corrected chi connectivity index (χ4v) is 2.11. The Bertz CT molecular complexity index is 684. The summed E-state index contributed by atoms with van der Waals surface area (Å²) in [6.45, 7) is -1.17. The van der Waals surface area contributed by atoms with E-state index in [-0.39, 0.29) is 11.3 Å². The Morgan fingerprint density at radius 1 is 1.24 bits per heavy atom. The number of rotatable bonds is 4. The Hall–Kier alpha value is -2.37. The van der Waals surface area contributed by atoms with E-state index in [1.807, 2.05) is 0 Å². The lowest BCUT2D eigenvalue weighted by Crippen LogP contribution is -2.18. The van der Waals surface area contributed by atoms with Crippen LogP contribution in [0.1, 0.15) is 5.56 Å². The molecule has 0 aliphatic rings. The maximum absolute atomic E-state index is 12.2. The predicted octanol–water partition coefficient (Wildman–Crippen LogP) is 2.97. The number of aromatic nitrogens is 1. The quantitative estimate of drug-likeness (QED) is 0.870. The van der Waals surface area contributed by atoms with Gasteiger partial charge in [-0.1, -0.05) is 0 Å². The van der Waals surface area contributed by atoms with Gasteiger partial charge in [-0.2, -0.15) is 8.78 Å². The number of aryl methyl sites for hydroxylation is 2. The number of halogens is 2. The molecular formula is C15H15F2NO3. The smallest absolute Gasteiger partial charge is 0.387 e. The highest BCUT2D eigenvalue weighted by Crippen LogP contribution is 2.33. The molecule has 0 saturated carbocycles. The molecule has 0 bridgehead atoms. The normalized spacial score (nSPS) is 10.8. The standard InChI is InChI=1S/C15H15F2NO3/c1-9-6-10(8-18(2)14(9)19)12-5-4-11(21-15(16)17)7-13(12)20-3/h4-8,15H,1-3H3. The SMILES string of the molecule is COc1cc(OC(F)F)ccc1-c1cc(C)c(=O)n(C)c1. The van der Waals surface area contributed by atoms with E-state index in [1.165, 1.54) is 23.8 Å². The fraction of sp³-hybridized carbons (Fsp3) is 0.267. The third kappa shape index (κ3) is 3.21. The molecule has 0 spiro atoms. The van der Waals surface area contributed by atoms with Crippen LogP contribution in [0.25, 0.3) is 11.1 Å². The van der Waals surface area contributed by atoms with Crippen LogP contribution < -0.4 is 15.0 Å². The van der Waals surface area contributed by atoms with Crippen molar-refractivity contribution < 1.29 is 18.3 Å². The zero-order valence-corrected chi connectivity index (χ0v) is 11.9. The summed E-state index contributed by atoms with van der Waals surface area (Å²) in [5.41, 5.74) is 1.95. The summed E-state index contributed by atoms with van der Waals surface area (Å²) in [5, 5.41) is 0. The highest BCUT2D eigenvalue weighted by atomic mass is 19.3.